The molecule has 1 saturated heterocycles. The normalized spacial score (nSPS) is 27.0. The monoisotopic (exact) mass is 339 g/mol. The molecule has 3 rings (SSSR count). The highest BCUT2D eigenvalue weighted by Crippen LogP contribution is 2.30. The zero-order valence-electron chi connectivity index (χ0n) is 12.5. The Bertz CT molecular complexity index is 899. The largest absolute Gasteiger partial charge is 0.394 e. The number of nitrogen functional groups attached to an aromatic ring is 1. The molecule has 1 aliphatic heterocycles. The van der Waals surface area contributed by atoms with Crippen LogP contribution in [0.2, 0.25) is 0 Å². The van der Waals surface area contributed by atoms with Gasteiger partial charge in [0.25, 0.3) is 5.56 Å². The van der Waals surface area contributed by atoms with Gasteiger partial charge in [-0.1, -0.05) is 6.08 Å². The number of aromatic amines is 1. The van der Waals surface area contributed by atoms with Crippen molar-refractivity contribution >= 4 is 17.1 Å². The Morgan fingerprint density at radius 2 is 2.08 bits per heavy atom. The third-order valence-corrected chi connectivity index (χ3v) is 3.91. The quantitative estimate of drug-likeness (QED) is 0.374. The lowest BCUT2D eigenvalue weighted by Crippen LogP contribution is -2.36. The minimum absolute atomic E-state index is 0.0197. The molecular formula is C13H17N5O6. The minimum Gasteiger partial charge on any atom is -0.394 e. The van der Waals surface area contributed by atoms with Crippen LogP contribution < -0.4 is 17.0 Å². The summed E-state index contributed by atoms with van der Waals surface area (Å²) in [6, 6.07) is 0. The van der Waals surface area contributed by atoms with Gasteiger partial charge in [0.2, 0.25) is 5.95 Å². The van der Waals surface area contributed by atoms with Crippen molar-refractivity contribution in [3.63, 3.8) is 0 Å². The molecule has 2 unspecified atom stereocenters. The standard InChI is InChI=1S/C13H17N5O6/c1-2-3-17-6-9(15-12(14)16-10(6)22)18(13(17)23)11-8(21)7(20)5(4-19)24-11/h2,5,7-8,11,19-21H,1,3-4H2,(H3,14,15,16,22)/t5-,7?,8-,11?/m1/s1. The molecule has 2 aromatic heterocycles. The molecule has 0 saturated carbocycles. The summed E-state index contributed by atoms with van der Waals surface area (Å²) in [4.78, 5) is 31.1. The molecule has 4 atom stereocenters. The molecule has 11 heteroatoms. The van der Waals surface area contributed by atoms with Crippen LogP contribution in [0.25, 0.3) is 11.2 Å². The predicted molar refractivity (Wildman–Crippen MR) is 82.2 cm³/mol. The van der Waals surface area contributed by atoms with E-state index in [1.807, 2.05) is 0 Å². The number of nitrogens with zero attached hydrogens (tertiary/aromatic N) is 3. The zero-order valence-corrected chi connectivity index (χ0v) is 12.5. The number of imidazole rings is 1. The van der Waals surface area contributed by atoms with Crippen LogP contribution in [0.1, 0.15) is 6.23 Å². The highest BCUT2D eigenvalue weighted by molar-refractivity contribution is 5.71. The van der Waals surface area contributed by atoms with Crippen molar-refractivity contribution in [2.24, 2.45) is 0 Å². The van der Waals surface area contributed by atoms with Crippen LogP contribution in [0, 0.1) is 0 Å². The lowest BCUT2D eigenvalue weighted by Gasteiger charge is -2.15. The first-order valence-electron chi connectivity index (χ1n) is 7.14. The molecule has 1 aliphatic rings. The molecule has 3 heterocycles. The van der Waals surface area contributed by atoms with Gasteiger partial charge < -0.3 is 25.8 Å². The maximum Gasteiger partial charge on any atom is 0.333 e. The van der Waals surface area contributed by atoms with Crippen molar-refractivity contribution in [1.29, 1.82) is 0 Å². The summed E-state index contributed by atoms with van der Waals surface area (Å²) < 4.78 is 7.40. The Balaban J connectivity index is 2.29. The van der Waals surface area contributed by atoms with E-state index in [4.69, 9.17) is 10.5 Å². The van der Waals surface area contributed by atoms with Crippen molar-refractivity contribution in [3.05, 3.63) is 33.5 Å². The number of nitrogens with one attached hydrogen (secondary N) is 1. The predicted octanol–water partition coefficient (Wildman–Crippen LogP) is -2.73. The van der Waals surface area contributed by atoms with Gasteiger partial charge in [-0.2, -0.15) is 4.98 Å². The molecule has 6 N–H and O–H groups in total. The number of hydrogen-bond acceptors (Lipinski definition) is 8. The number of anilines is 1. The summed E-state index contributed by atoms with van der Waals surface area (Å²) >= 11 is 0. The van der Waals surface area contributed by atoms with E-state index < -0.39 is 42.4 Å². The number of aliphatic hydroxyl groups is 3. The number of allylic oxidation sites excluding steroid dienone is 1. The fraction of sp³-hybridized carbons (Fsp3) is 0.462. The molecule has 2 aromatic rings. The number of fused-ring (bicyclic) bond motifs is 1. The van der Waals surface area contributed by atoms with Gasteiger partial charge >= 0.3 is 5.69 Å². The van der Waals surface area contributed by atoms with E-state index in [2.05, 4.69) is 16.5 Å². The molecule has 24 heavy (non-hydrogen) atoms. The first kappa shape index (κ1) is 16.4. The summed E-state index contributed by atoms with van der Waals surface area (Å²) in [5, 5.41) is 29.2. The van der Waals surface area contributed by atoms with E-state index in [1.165, 1.54) is 6.08 Å². The number of hydrogen-bond donors (Lipinski definition) is 5. The van der Waals surface area contributed by atoms with Gasteiger partial charge in [-0.15, -0.1) is 6.58 Å². The average Bonchev–Trinajstić information content (AvgIpc) is 2.96. The second kappa shape index (κ2) is 5.87. The van der Waals surface area contributed by atoms with Crippen molar-refractivity contribution in [3.8, 4) is 0 Å². The Morgan fingerprint density at radius 3 is 2.67 bits per heavy atom. The molecule has 0 amide bonds. The molecular weight excluding hydrogens is 322 g/mol. The van der Waals surface area contributed by atoms with Crippen molar-refractivity contribution < 1.29 is 20.1 Å². The average molecular weight is 339 g/mol. The smallest absolute Gasteiger partial charge is 0.333 e. The van der Waals surface area contributed by atoms with Gasteiger partial charge in [0.1, 0.15) is 18.3 Å². The van der Waals surface area contributed by atoms with Crippen LogP contribution in [0.15, 0.2) is 22.2 Å². The van der Waals surface area contributed by atoms with Crippen LogP contribution in [0.3, 0.4) is 0 Å². The van der Waals surface area contributed by atoms with Gasteiger partial charge in [0.05, 0.1) is 6.61 Å². The summed E-state index contributed by atoms with van der Waals surface area (Å²) in [5.41, 5.74) is 4.05. The van der Waals surface area contributed by atoms with Crippen molar-refractivity contribution in [2.75, 3.05) is 12.3 Å². The van der Waals surface area contributed by atoms with Gasteiger partial charge in [-0.25, -0.2) is 9.36 Å². The number of H-pyrrole nitrogens is 1. The van der Waals surface area contributed by atoms with Crippen LogP contribution in [0.4, 0.5) is 5.95 Å². The van der Waals surface area contributed by atoms with Gasteiger partial charge in [0, 0.05) is 6.54 Å². The molecule has 130 valence electrons. The van der Waals surface area contributed by atoms with E-state index in [0.717, 1.165) is 9.13 Å². The Hall–Kier alpha value is -2.47. The fourth-order valence-corrected chi connectivity index (χ4v) is 2.82. The first-order chi connectivity index (χ1) is 11.4. The van der Waals surface area contributed by atoms with Crippen LogP contribution in [-0.4, -0.2) is 59.3 Å². The third-order valence-electron chi connectivity index (χ3n) is 3.91. The summed E-state index contributed by atoms with van der Waals surface area (Å²) in [7, 11) is 0. The van der Waals surface area contributed by atoms with Crippen molar-refractivity contribution in [1.82, 2.24) is 19.1 Å². The molecule has 0 radical (unpaired) electrons. The fourth-order valence-electron chi connectivity index (χ4n) is 2.82. The molecule has 0 aliphatic carbocycles. The highest BCUT2D eigenvalue weighted by Gasteiger charge is 2.45. The van der Waals surface area contributed by atoms with Crippen LogP contribution >= 0.6 is 0 Å². The third kappa shape index (κ3) is 2.26. The SMILES string of the molecule is C=CCn1c(=O)n(C2O[C@H](CO)C(O)[C@H]2O)c2nc(N)[nH]c(=O)c21. The summed E-state index contributed by atoms with van der Waals surface area (Å²) in [5.74, 6) is -0.219. The lowest BCUT2D eigenvalue weighted by molar-refractivity contribution is -0.0527. The molecule has 1 fully saturated rings. The summed E-state index contributed by atoms with van der Waals surface area (Å²) in [6.07, 6.45) is -3.88. The number of aliphatic hydroxyl groups excluding tert-OH is 3. The molecule has 0 aromatic carbocycles. The topological polar surface area (TPSA) is 169 Å². The number of nitrogens with two attached hydrogens (primary N) is 1. The summed E-state index contributed by atoms with van der Waals surface area (Å²) in [6.45, 7) is 3.00. The molecule has 0 spiro atoms. The maximum absolute atomic E-state index is 12.7. The minimum atomic E-state index is -1.50. The van der Waals surface area contributed by atoms with Crippen LogP contribution in [-0.2, 0) is 11.3 Å². The zero-order chi connectivity index (χ0) is 17.6. The van der Waals surface area contributed by atoms with Crippen LogP contribution in [0.5, 0.6) is 0 Å². The molecule has 0 bridgehead atoms. The Kier molecular flexibility index (Phi) is 4.01. The van der Waals surface area contributed by atoms with E-state index in [1.54, 1.807) is 0 Å². The number of ether oxygens (including phenoxy) is 1. The highest BCUT2D eigenvalue weighted by atomic mass is 16.6. The molecule has 11 nitrogen and oxygen atoms in total. The first-order valence-corrected chi connectivity index (χ1v) is 7.14. The van der Waals surface area contributed by atoms with Crippen molar-refractivity contribution in [2.45, 2.75) is 31.1 Å². The van der Waals surface area contributed by atoms with Gasteiger partial charge in [-0.05, 0) is 0 Å². The lowest BCUT2D eigenvalue weighted by atomic mass is 10.1. The maximum atomic E-state index is 12.7. The Labute approximate surface area is 134 Å². The van der Waals surface area contributed by atoms with E-state index in [9.17, 15) is 24.9 Å². The second-order valence-corrected chi connectivity index (χ2v) is 5.40. The van der Waals surface area contributed by atoms with Gasteiger partial charge in [-0.3, -0.25) is 14.3 Å². The van der Waals surface area contributed by atoms with E-state index in [-0.39, 0.29) is 23.7 Å². The van der Waals surface area contributed by atoms with Gasteiger partial charge in [0.15, 0.2) is 17.4 Å². The second-order valence-electron chi connectivity index (χ2n) is 5.40. The number of aromatic nitrogens is 4. The number of rotatable bonds is 4. The van der Waals surface area contributed by atoms with E-state index >= 15 is 0 Å². The van der Waals surface area contributed by atoms with E-state index in [0.29, 0.717) is 0 Å². The Morgan fingerprint density at radius 1 is 1.38 bits per heavy atom.